The van der Waals surface area contributed by atoms with E-state index in [4.69, 9.17) is 0 Å². The van der Waals surface area contributed by atoms with Crippen molar-refractivity contribution in [2.24, 2.45) is 5.41 Å². The summed E-state index contributed by atoms with van der Waals surface area (Å²) < 4.78 is 0. The van der Waals surface area contributed by atoms with Gasteiger partial charge < -0.3 is 10.4 Å². The van der Waals surface area contributed by atoms with Crippen LogP contribution in [0.25, 0.3) is 0 Å². The zero-order valence-corrected chi connectivity index (χ0v) is 12.7. The monoisotopic (exact) mass is 256 g/mol. The fourth-order valence-corrected chi connectivity index (χ4v) is 3.35. The number of nitrogens with zero attached hydrogens (tertiary/aromatic N) is 1. The molecule has 1 fully saturated rings. The van der Waals surface area contributed by atoms with E-state index in [1.165, 1.54) is 38.8 Å². The van der Waals surface area contributed by atoms with Crippen molar-refractivity contribution in [3.05, 3.63) is 0 Å². The minimum Gasteiger partial charge on any atom is -0.393 e. The molecule has 0 aromatic carbocycles. The first-order valence-electron chi connectivity index (χ1n) is 7.63. The van der Waals surface area contributed by atoms with Gasteiger partial charge in [-0.2, -0.15) is 0 Å². The van der Waals surface area contributed by atoms with Crippen molar-refractivity contribution in [1.29, 1.82) is 0 Å². The Morgan fingerprint density at radius 2 is 2.06 bits per heavy atom. The number of aliphatic hydroxyl groups excluding tert-OH is 1. The van der Waals surface area contributed by atoms with E-state index in [-0.39, 0.29) is 6.10 Å². The maximum Gasteiger partial charge on any atom is 0.0527 e. The minimum absolute atomic E-state index is 0.169. The molecule has 108 valence electrons. The highest BCUT2D eigenvalue weighted by Crippen LogP contribution is 2.31. The van der Waals surface area contributed by atoms with Crippen LogP contribution in [0, 0.1) is 5.41 Å². The molecule has 2 unspecified atom stereocenters. The van der Waals surface area contributed by atoms with Gasteiger partial charge in [-0.3, -0.25) is 4.90 Å². The normalized spacial score (nSPS) is 23.5. The van der Waals surface area contributed by atoms with Crippen LogP contribution in [-0.4, -0.2) is 48.8 Å². The summed E-state index contributed by atoms with van der Waals surface area (Å²) in [6.45, 7) is 10.0. The fourth-order valence-electron chi connectivity index (χ4n) is 3.35. The van der Waals surface area contributed by atoms with Gasteiger partial charge in [-0.25, -0.2) is 0 Å². The van der Waals surface area contributed by atoms with Crippen molar-refractivity contribution in [3.8, 4) is 0 Å². The van der Waals surface area contributed by atoms with E-state index < -0.39 is 0 Å². The van der Waals surface area contributed by atoms with Crippen LogP contribution in [0.3, 0.4) is 0 Å². The molecular weight excluding hydrogens is 224 g/mol. The van der Waals surface area contributed by atoms with Gasteiger partial charge in [0.25, 0.3) is 0 Å². The van der Waals surface area contributed by atoms with Crippen LogP contribution >= 0.6 is 0 Å². The van der Waals surface area contributed by atoms with Crippen LogP contribution in [0.1, 0.15) is 52.9 Å². The number of hydrogen-bond donors (Lipinski definition) is 2. The molecule has 1 heterocycles. The molecular formula is C15H32N2O. The molecule has 1 aliphatic rings. The number of rotatable bonds is 8. The summed E-state index contributed by atoms with van der Waals surface area (Å²) in [5.41, 5.74) is 0.399. The molecule has 3 nitrogen and oxygen atoms in total. The van der Waals surface area contributed by atoms with Crippen molar-refractivity contribution < 1.29 is 5.11 Å². The van der Waals surface area contributed by atoms with Crippen molar-refractivity contribution in [2.45, 2.75) is 65.0 Å². The molecule has 18 heavy (non-hydrogen) atoms. The van der Waals surface area contributed by atoms with Gasteiger partial charge in [-0.05, 0) is 58.0 Å². The number of aliphatic hydroxyl groups is 1. The van der Waals surface area contributed by atoms with Gasteiger partial charge >= 0.3 is 0 Å². The van der Waals surface area contributed by atoms with Crippen LogP contribution in [0.5, 0.6) is 0 Å². The van der Waals surface area contributed by atoms with E-state index in [2.05, 4.69) is 31.1 Å². The summed E-state index contributed by atoms with van der Waals surface area (Å²) in [5.74, 6) is 0. The Labute approximate surface area is 113 Å². The molecule has 0 aromatic rings. The lowest BCUT2D eigenvalue weighted by Crippen LogP contribution is -2.45. The van der Waals surface area contributed by atoms with Gasteiger partial charge in [0.2, 0.25) is 0 Å². The Kier molecular flexibility index (Phi) is 6.61. The van der Waals surface area contributed by atoms with Gasteiger partial charge in [0, 0.05) is 19.1 Å². The first kappa shape index (κ1) is 15.9. The van der Waals surface area contributed by atoms with Crippen LogP contribution in [-0.2, 0) is 0 Å². The van der Waals surface area contributed by atoms with Gasteiger partial charge in [-0.15, -0.1) is 0 Å². The lowest BCUT2D eigenvalue weighted by Gasteiger charge is -2.38. The quantitative estimate of drug-likeness (QED) is 0.699. The van der Waals surface area contributed by atoms with Crippen LogP contribution in [0.2, 0.25) is 0 Å². The average molecular weight is 256 g/mol. The lowest BCUT2D eigenvalue weighted by molar-refractivity contribution is 0.0919. The predicted octanol–water partition coefficient (Wildman–Crippen LogP) is 2.25. The van der Waals surface area contributed by atoms with Gasteiger partial charge in [0.1, 0.15) is 0 Å². The van der Waals surface area contributed by atoms with Crippen molar-refractivity contribution >= 4 is 0 Å². The fraction of sp³-hybridized carbons (Fsp3) is 1.00. The molecule has 1 rings (SSSR count). The predicted molar refractivity (Wildman–Crippen MR) is 77.8 cm³/mol. The molecule has 0 amide bonds. The van der Waals surface area contributed by atoms with Crippen LogP contribution < -0.4 is 5.32 Å². The van der Waals surface area contributed by atoms with Gasteiger partial charge in [0.15, 0.2) is 0 Å². The van der Waals surface area contributed by atoms with Crippen LogP contribution in [0.15, 0.2) is 0 Å². The van der Waals surface area contributed by atoms with Gasteiger partial charge in [0.05, 0.1) is 6.10 Å². The molecule has 0 spiro atoms. The molecule has 1 aliphatic heterocycles. The molecule has 2 N–H and O–H groups in total. The molecule has 2 atom stereocenters. The van der Waals surface area contributed by atoms with E-state index in [1.807, 2.05) is 6.92 Å². The third-order valence-corrected chi connectivity index (χ3v) is 4.70. The highest BCUT2D eigenvalue weighted by atomic mass is 16.3. The van der Waals surface area contributed by atoms with Crippen molar-refractivity contribution in [3.63, 3.8) is 0 Å². The molecule has 0 radical (unpaired) electrons. The van der Waals surface area contributed by atoms with Crippen molar-refractivity contribution in [1.82, 2.24) is 10.2 Å². The topological polar surface area (TPSA) is 35.5 Å². The third-order valence-electron chi connectivity index (χ3n) is 4.70. The summed E-state index contributed by atoms with van der Waals surface area (Å²) in [4.78, 5) is 2.62. The highest BCUT2D eigenvalue weighted by molar-refractivity contribution is 4.88. The largest absolute Gasteiger partial charge is 0.393 e. The number of likely N-dealkylation sites (tertiary alicyclic amines) is 1. The minimum atomic E-state index is -0.169. The number of nitrogens with one attached hydrogen (secondary N) is 1. The summed E-state index contributed by atoms with van der Waals surface area (Å²) in [6.07, 6.45) is 5.76. The standard InChI is InChI=1S/C15H32N2O/c1-5-15(6-2,11-16-4)12-17-9-7-8-14(17)10-13(3)18/h13-14,16,18H,5-12H2,1-4H3. The zero-order chi connectivity index (χ0) is 13.6. The number of hydrogen-bond acceptors (Lipinski definition) is 3. The van der Waals surface area contributed by atoms with E-state index in [1.54, 1.807) is 0 Å². The molecule has 0 bridgehead atoms. The van der Waals surface area contributed by atoms with E-state index in [9.17, 15) is 5.11 Å². The second-order valence-electron chi connectivity index (χ2n) is 6.09. The Balaban J connectivity index is 2.61. The molecule has 0 saturated carbocycles. The molecule has 0 aromatic heterocycles. The maximum atomic E-state index is 9.61. The average Bonchev–Trinajstić information content (AvgIpc) is 2.75. The Morgan fingerprint density at radius 1 is 1.39 bits per heavy atom. The Morgan fingerprint density at radius 3 is 2.56 bits per heavy atom. The van der Waals surface area contributed by atoms with Crippen molar-refractivity contribution in [2.75, 3.05) is 26.7 Å². The lowest BCUT2D eigenvalue weighted by atomic mass is 9.81. The van der Waals surface area contributed by atoms with E-state index >= 15 is 0 Å². The van der Waals surface area contributed by atoms with E-state index in [0.29, 0.717) is 11.5 Å². The summed E-state index contributed by atoms with van der Waals surface area (Å²) in [5, 5.41) is 13.0. The SMILES string of the molecule is CCC(CC)(CNC)CN1CCCC1CC(C)O. The second kappa shape index (κ2) is 7.46. The summed E-state index contributed by atoms with van der Waals surface area (Å²) in [7, 11) is 2.05. The Bertz CT molecular complexity index is 227. The third kappa shape index (κ3) is 4.22. The summed E-state index contributed by atoms with van der Waals surface area (Å²) in [6, 6.07) is 0.597. The summed E-state index contributed by atoms with van der Waals surface area (Å²) >= 11 is 0. The smallest absolute Gasteiger partial charge is 0.0527 e. The molecule has 0 aliphatic carbocycles. The molecule has 3 heteroatoms. The van der Waals surface area contributed by atoms with Gasteiger partial charge in [-0.1, -0.05) is 13.8 Å². The first-order valence-corrected chi connectivity index (χ1v) is 7.63. The second-order valence-corrected chi connectivity index (χ2v) is 6.09. The Hall–Kier alpha value is -0.120. The van der Waals surface area contributed by atoms with E-state index in [0.717, 1.165) is 13.0 Å². The maximum absolute atomic E-state index is 9.61. The zero-order valence-electron chi connectivity index (χ0n) is 12.7. The molecule has 1 saturated heterocycles. The first-order chi connectivity index (χ1) is 8.56. The van der Waals surface area contributed by atoms with Crippen LogP contribution in [0.4, 0.5) is 0 Å². The highest BCUT2D eigenvalue weighted by Gasteiger charge is 2.33.